The molecule has 0 unspecified atom stereocenters. The lowest BCUT2D eigenvalue weighted by Gasteiger charge is -2.16. The van der Waals surface area contributed by atoms with Crippen LogP contribution in [0.15, 0.2) is 36.4 Å². The van der Waals surface area contributed by atoms with E-state index in [-0.39, 0.29) is 11.9 Å². The van der Waals surface area contributed by atoms with Crippen molar-refractivity contribution in [3.05, 3.63) is 51.2 Å². The monoisotopic (exact) mass is 307 g/mol. The Morgan fingerprint density at radius 3 is 2.90 bits per heavy atom. The quantitative estimate of drug-likeness (QED) is 0.941. The second-order valence-corrected chi connectivity index (χ2v) is 6.54. The Balaban J connectivity index is 1.64. The molecule has 5 heteroatoms. The molecule has 1 aromatic heterocycles. The van der Waals surface area contributed by atoms with Crippen molar-refractivity contribution < 1.29 is 9.53 Å². The molecule has 1 amide bonds. The highest BCUT2D eigenvalue weighted by molar-refractivity contribution is 7.16. The van der Waals surface area contributed by atoms with Crippen molar-refractivity contribution in [1.29, 1.82) is 0 Å². The van der Waals surface area contributed by atoms with Gasteiger partial charge in [0.15, 0.2) is 6.10 Å². The second kappa shape index (κ2) is 5.46. The zero-order chi connectivity index (χ0) is 14.1. The van der Waals surface area contributed by atoms with Crippen molar-refractivity contribution in [1.82, 2.24) is 5.32 Å². The van der Waals surface area contributed by atoms with Gasteiger partial charge >= 0.3 is 0 Å². The van der Waals surface area contributed by atoms with Crippen LogP contribution >= 0.6 is 22.9 Å². The summed E-state index contributed by atoms with van der Waals surface area (Å²) in [6.07, 6.45) is 0.185. The number of ether oxygens (including phenoxy) is 1. The number of halogens is 1. The Morgan fingerprint density at radius 1 is 1.40 bits per heavy atom. The van der Waals surface area contributed by atoms with Crippen LogP contribution in [-0.2, 0) is 11.2 Å². The van der Waals surface area contributed by atoms with E-state index in [1.54, 1.807) is 0 Å². The molecule has 104 valence electrons. The van der Waals surface area contributed by atoms with E-state index < -0.39 is 6.10 Å². The molecule has 20 heavy (non-hydrogen) atoms. The number of carbonyl (C=O) groups excluding carboxylic acids is 1. The van der Waals surface area contributed by atoms with Gasteiger partial charge in [-0.25, -0.2) is 0 Å². The van der Waals surface area contributed by atoms with Crippen molar-refractivity contribution in [2.24, 2.45) is 0 Å². The summed E-state index contributed by atoms with van der Waals surface area (Å²) in [5.74, 6) is 0.720. The van der Waals surface area contributed by atoms with Gasteiger partial charge in [-0.2, -0.15) is 0 Å². The van der Waals surface area contributed by atoms with Crippen molar-refractivity contribution in [3.8, 4) is 5.75 Å². The van der Waals surface area contributed by atoms with Gasteiger partial charge in [-0.15, -0.1) is 11.3 Å². The summed E-state index contributed by atoms with van der Waals surface area (Å²) in [6.45, 7) is 1.95. The van der Waals surface area contributed by atoms with Crippen LogP contribution in [0.1, 0.15) is 23.4 Å². The third-order valence-corrected chi connectivity index (χ3v) is 4.73. The molecule has 1 aromatic carbocycles. The smallest absolute Gasteiger partial charge is 0.261 e. The first-order valence-corrected chi connectivity index (χ1v) is 7.63. The van der Waals surface area contributed by atoms with E-state index in [9.17, 15) is 4.79 Å². The van der Waals surface area contributed by atoms with Crippen LogP contribution in [0.25, 0.3) is 0 Å². The minimum Gasteiger partial charge on any atom is -0.480 e. The Labute approximate surface area is 126 Å². The molecule has 0 aliphatic carbocycles. The molecule has 3 rings (SSSR count). The summed E-state index contributed by atoms with van der Waals surface area (Å²) in [5.41, 5.74) is 1.08. The van der Waals surface area contributed by atoms with E-state index in [0.29, 0.717) is 6.42 Å². The van der Waals surface area contributed by atoms with E-state index in [1.165, 1.54) is 11.3 Å². The molecule has 0 fully saturated rings. The SMILES string of the molecule is C[C@H](NC(=O)[C@H]1Cc2ccccc2O1)c1ccc(Cl)s1. The summed E-state index contributed by atoms with van der Waals surface area (Å²) >= 11 is 7.39. The maximum atomic E-state index is 12.2. The highest BCUT2D eigenvalue weighted by atomic mass is 35.5. The van der Waals surface area contributed by atoms with Crippen molar-refractivity contribution in [2.45, 2.75) is 25.5 Å². The topological polar surface area (TPSA) is 38.3 Å². The Bertz CT molecular complexity index is 615. The van der Waals surface area contributed by atoms with Gasteiger partial charge in [0.05, 0.1) is 10.4 Å². The number of thiophene rings is 1. The second-order valence-electron chi connectivity index (χ2n) is 4.79. The van der Waals surface area contributed by atoms with E-state index in [4.69, 9.17) is 16.3 Å². The number of fused-ring (bicyclic) bond motifs is 1. The summed E-state index contributed by atoms with van der Waals surface area (Å²) in [5, 5.41) is 2.97. The molecule has 0 saturated heterocycles. The normalized spacial score (nSPS) is 18.2. The molecule has 0 spiro atoms. The molecular formula is C15H14ClNO2S. The Hall–Kier alpha value is -1.52. The molecule has 0 bridgehead atoms. The first-order chi connectivity index (χ1) is 9.63. The number of nitrogens with one attached hydrogen (secondary N) is 1. The zero-order valence-corrected chi connectivity index (χ0v) is 12.5. The van der Waals surface area contributed by atoms with Crippen molar-refractivity contribution in [2.75, 3.05) is 0 Å². The maximum Gasteiger partial charge on any atom is 0.261 e. The van der Waals surface area contributed by atoms with Gasteiger partial charge < -0.3 is 10.1 Å². The van der Waals surface area contributed by atoms with Gasteiger partial charge in [0.2, 0.25) is 0 Å². The van der Waals surface area contributed by atoms with Crippen LogP contribution in [-0.4, -0.2) is 12.0 Å². The molecule has 2 heterocycles. The zero-order valence-electron chi connectivity index (χ0n) is 10.9. The van der Waals surface area contributed by atoms with Gasteiger partial charge in [0, 0.05) is 11.3 Å². The first kappa shape index (κ1) is 13.5. The summed E-state index contributed by atoms with van der Waals surface area (Å²) < 4.78 is 6.40. The van der Waals surface area contributed by atoms with Gasteiger partial charge in [-0.3, -0.25) is 4.79 Å². The van der Waals surface area contributed by atoms with E-state index >= 15 is 0 Å². The highest BCUT2D eigenvalue weighted by Gasteiger charge is 2.29. The predicted octanol–water partition coefficient (Wildman–Crippen LogP) is 3.58. The lowest BCUT2D eigenvalue weighted by atomic mass is 10.1. The van der Waals surface area contributed by atoms with Gasteiger partial charge in [0.25, 0.3) is 5.91 Å². The third kappa shape index (κ3) is 2.67. The predicted molar refractivity (Wildman–Crippen MR) is 80.4 cm³/mol. The number of rotatable bonds is 3. The van der Waals surface area contributed by atoms with Gasteiger partial charge in [-0.1, -0.05) is 29.8 Å². The minimum atomic E-state index is -0.440. The van der Waals surface area contributed by atoms with Crippen LogP contribution in [0.5, 0.6) is 5.75 Å². The number of para-hydroxylation sites is 1. The molecule has 1 N–H and O–H groups in total. The van der Waals surface area contributed by atoms with Gasteiger partial charge in [-0.05, 0) is 30.7 Å². The van der Waals surface area contributed by atoms with Crippen molar-refractivity contribution in [3.63, 3.8) is 0 Å². The van der Waals surface area contributed by atoms with Crippen LogP contribution in [0.4, 0.5) is 0 Å². The highest BCUT2D eigenvalue weighted by Crippen LogP contribution is 2.30. The van der Waals surface area contributed by atoms with Crippen LogP contribution in [0.3, 0.4) is 0 Å². The molecule has 0 saturated carbocycles. The van der Waals surface area contributed by atoms with Crippen LogP contribution in [0.2, 0.25) is 4.34 Å². The number of hydrogen-bond acceptors (Lipinski definition) is 3. The Kier molecular flexibility index (Phi) is 3.68. The number of amides is 1. The average Bonchev–Trinajstić information content (AvgIpc) is 3.04. The summed E-state index contributed by atoms with van der Waals surface area (Å²) in [7, 11) is 0. The fourth-order valence-electron chi connectivity index (χ4n) is 2.27. The number of benzene rings is 1. The fourth-order valence-corrected chi connectivity index (χ4v) is 3.33. The summed E-state index contributed by atoms with van der Waals surface area (Å²) in [6, 6.07) is 11.5. The van der Waals surface area contributed by atoms with Gasteiger partial charge in [0.1, 0.15) is 5.75 Å². The molecule has 2 aromatic rings. The van der Waals surface area contributed by atoms with Crippen LogP contribution in [0, 0.1) is 0 Å². The molecule has 1 aliphatic heterocycles. The lowest BCUT2D eigenvalue weighted by molar-refractivity contribution is -0.127. The molecule has 1 aliphatic rings. The van der Waals surface area contributed by atoms with E-state index in [1.807, 2.05) is 43.3 Å². The molecule has 3 nitrogen and oxygen atoms in total. The molecule has 0 radical (unpaired) electrons. The summed E-state index contributed by atoms with van der Waals surface area (Å²) in [4.78, 5) is 13.3. The lowest BCUT2D eigenvalue weighted by Crippen LogP contribution is -2.38. The van der Waals surface area contributed by atoms with Crippen LogP contribution < -0.4 is 10.1 Å². The first-order valence-electron chi connectivity index (χ1n) is 6.43. The van der Waals surface area contributed by atoms with E-state index in [0.717, 1.165) is 20.5 Å². The third-order valence-electron chi connectivity index (χ3n) is 3.32. The van der Waals surface area contributed by atoms with Crippen molar-refractivity contribution >= 4 is 28.8 Å². The number of carbonyl (C=O) groups is 1. The Morgan fingerprint density at radius 2 is 2.20 bits per heavy atom. The minimum absolute atomic E-state index is 0.0627. The van der Waals surface area contributed by atoms with E-state index in [2.05, 4.69) is 5.32 Å². The largest absolute Gasteiger partial charge is 0.480 e. The standard InChI is InChI=1S/C15H14ClNO2S/c1-9(13-6-7-14(16)20-13)17-15(18)12-8-10-4-2-3-5-11(10)19-12/h2-7,9,12H,8H2,1H3,(H,17,18)/t9-,12+/m0/s1. The molecule has 2 atom stereocenters. The maximum absolute atomic E-state index is 12.2. The average molecular weight is 308 g/mol. The molecular weight excluding hydrogens is 294 g/mol. The number of hydrogen-bond donors (Lipinski definition) is 1. The fraction of sp³-hybridized carbons (Fsp3) is 0.267.